The molecule has 0 aromatic rings. The normalized spacial score (nSPS) is 27.6. The lowest BCUT2D eigenvalue weighted by Gasteiger charge is -2.15. The van der Waals surface area contributed by atoms with Gasteiger partial charge in [0.1, 0.15) is 0 Å². The molecule has 2 aliphatic rings. The average Bonchev–Trinajstić information content (AvgIpc) is 2.54. The van der Waals surface area contributed by atoms with Crippen LogP contribution in [-0.2, 0) is 0 Å². The topological polar surface area (TPSA) is 27.6 Å². The van der Waals surface area contributed by atoms with Crippen molar-refractivity contribution in [1.82, 2.24) is 10.2 Å². The van der Waals surface area contributed by atoms with E-state index in [-0.39, 0.29) is 0 Å². The third kappa shape index (κ3) is 1.54. The Morgan fingerprint density at radius 1 is 1.64 bits per heavy atom. The molecule has 3 nitrogen and oxygen atoms in total. The van der Waals surface area contributed by atoms with Crippen LogP contribution in [0.3, 0.4) is 0 Å². The number of nitrogens with zero attached hydrogens (tertiary/aromatic N) is 2. The van der Waals surface area contributed by atoms with E-state index in [1.54, 1.807) is 0 Å². The molecular weight excluding hydrogens is 174 g/mol. The first-order chi connectivity index (χ1) is 6.83. The van der Waals surface area contributed by atoms with Crippen LogP contribution in [-0.4, -0.2) is 30.5 Å². The van der Waals surface area contributed by atoms with Crippen LogP contribution in [0.5, 0.6) is 0 Å². The summed E-state index contributed by atoms with van der Waals surface area (Å²) in [6.45, 7) is 3.05. The number of aliphatic imine (C=N–C) groups is 1. The van der Waals surface area contributed by atoms with Crippen molar-refractivity contribution in [3.05, 3.63) is 23.9 Å². The van der Waals surface area contributed by atoms with Gasteiger partial charge in [0.25, 0.3) is 0 Å². The van der Waals surface area contributed by atoms with E-state index in [4.69, 9.17) is 0 Å². The molecule has 1 saturated heterocycles. The highest BCUT2D eigenvalue weighted by Crippen LogP contribution is 2.21. The molecule has 1 atom stereocenters. The fraction of sp³-hybridized carbons (Fsp3) is 0.545. The lowest BCUT2D eigenvalue weighted by Crippen LogP contribution is -2.28. The molecular formula is C11H17N3. The monoisotopic (exact) mass is 191 g/mol. The van der Waals surface area contributed by atoms with Gasteiger partial charge in [-0.25, -0.2) is 0 Å². The molecule has 0 amide bonds. The number of hydrogen-bond donors (Lipinski definition) is 1. The first-order valence-electron chi connectivity index (χ1n) is 5.24. The van der Waals surface area contributed by atoms with Crippen LogP contribution in [0.15, 0.2) is 28.9 Å². The van der Waals surface area contributed by atoms with Crippen LogP contribution >= 0.6 is 0 Å². The van der Waals surface area contributed by atoms with Gasteiger partial charge in [-0.15, -0.1) is 0 Å². The summed E-state index contributed by atoms with van der Waals surface area (Å²) >= 11 is 0. The number of hydrogen-bond acceptors (Lipinski definition) is 1. The second kappa shape index (κ2) is 3.86. The Balaban J connectivity index is 2.14. The maximum absolute atomic E-state index is 4.51. The first kappa shape index (κ1) is 9.31. The first-order valence-corrected chi connectivity index (χ1v) is 5.24. The zero-order chi connectivity index (χ0) is 9.97. The number of likely N-dealkylation sites (N-methyl/N-ethyl adjacent to an activating group) is 1. The van der Waals surface area contributed by atoms with E-state index in [9.17, 15) is 0 Å². The number of allylic oxidation sites excluding steroid dienone is 2. The smallest absolute Gasteiger partial charge is 0.198 e. The summed E-state index contributed by atoms with van der Waals surface area (Å²) < 4.78 is 0. The van der Waals surface area contributed by atoms with E-state index in [0.29, 0.717) is 6.04 Å². The molecule has 0 spiro atoms. The second-order valence-corrected chi connectivity index (χ2v) is 3.72. The van der Waals surface area contributed by atoms with Gasteiger partial charge in [-0.1, -0.05) is 19.1 Å². The highest BCUT2D eigenvalue weighted by atomic mass is 15.4. The lowest BCUT2D eigenvalue weighted by molar-refractivity contribution is 0.605. The maximum Gasteiger partial charge on any atom is 0.198 e. The minimum Gasteiger partial charge on any atom is -0.347 e. The molecule has 14 heavy (non-hydrogen) atoms. The molecule has 1 unspecified atom stereocenters. The Morgan fingerprint density at radius 3 is 3.21 bits per heavy atom. The zero-order valence-electron chi connectivity index (χ0n) is 8.83. The molecule has 0 aromatic carbocycles. The molecule has 0 aromatic heterocycles. The van der Waals surface area contributed by atoms with Crippen LogP contribution in [0.25, 0.3) is 0 Å². The highest BCUT2D eigenvalue weighted by molar-refractivity contribution is 5.85. The Bertz CT molecular complexity index is 302. The van der Waals surface area contributed by atoms with Crippen LogP contribution in [0.2, 0.25) is 0 Å². The van der Waals surface area contributed by atoms with Crippen molar-refractivity contribution in [3.8, 4) is 0 Å². The van der Waals surface area contributed by atoms with E-state index in [1.165, 1.54) is 5.70 Å². The number of guanidine groups is 1. The van der Waals surface area contributed by atoms with Gasteiger partial charge in [-0.3, -0.25) is 4.99 Å². The van der Waals surface area contributed by atoms with E-state index in [1.807, 2.05) is 0 Å². The highest BCUT2D eigenvalue weighted by Gasteiger charge is 2.29. The van der Waals surface area contributed by atoms with Gasteiger partial charge >= 0.3 is 0 Å². The summed E-state index contributed by atoms with van der Waals surface area (Å²) in [5, 5.41) is 3.43. The molecule has 0 radical (unpaired) electrons. The molecule has 1 N–H and O–H groups in total. The van der Waals surface area contributed by atoms with Gasteiger partial charge in [-0.05, 0) is 18.9 Å². The minimum atomic E-state index is 0.445. The van der Waals surface area contributed by atoms with Crippen LogP contribution in [0.4, 0.5) is 0 Å². The van der Waals surface area contributed by atoms with Gasteiger partial charge in [0.05, 0.1) is 6.04 Å². The summed E-state index contributed by atoms with van der Waals surface area (Å²) in [5.41, 5.74) is 1.34. The predicted molar refractivity (Wildman–Crippen MR) is 59.1 cm³/mol. The van der Waals surface area contributed by atoms with Gasteiger partial charge in [0, 0.05) is 19.3 Å². The summed E-state index contributed by atoms with van der Waals surface area (Å²) in [7, 11) is 2.08. The fourth-order valence-electron chi connectivity index (χ4n) is 1.84. The largest absolute Gasteiger partial charge is 0.347 e. The Hall–Kier alpha value is -1.25. The molecule has 1 aliphatic carbocycles. The van der Waals surface area contributed by atoms with Crippen molar-refractivity contribution in [3.63, 3.8) is 0 Å². The summed E-state index contributed by atoms with van der Waals surface area (Å²) in [6.07, 6.45) is 8.64. The molecule has 3 heteroatoms. The van der Waals surface area contributed by atoms with Crippen molar-refractivity contribution in [2.45, 2.75) is 25.8 Å². The molecule has 0 saturated carbocycles. The van der Waals surface area contributed by atoms with Crippen molar-refractivity contribution in [1.29, 1.82) is 0 Å². The number of nitrogens with one attached hydrogen (secondary N) is 1. The minimum absolute atomic E-state index is 0.445. The molecule has 1 fully saturated rings. The summed E-state index contributed by atoms with van der Waals surface area (Å²) in [5.74, 6) is 1.02. The van der Waals surface area contributed by atoms with E-state index in [0.717, 1.165) is 25.3 Å². The van der Waals surface area contributed by atoms with Crippen molar-refractivity contribution in [2.75, 3.05) is 13.6 Å². The van der Waals surface area contributed by atoms with Crippen LogP contribution in [0.1, 0.15) is 19.8 Å². The molecule has 0 bridgehead atoms. The average molecular weight is 191 g/mol. The Labute approximate surface area is 85.2 Å². The van der Waals surface area contributed by atoms with Gasteiger partial charge < -0.3 is 10.2 Å². The van der Waals surface area contributed by atoms with E-state index >= 15 is 0 Å². The van der Waals surface area contributed by atoms with Crippen molar-refractivity contribution in [2.24, 2.45) is 4.99 Å². The standard InChI is InChI=1S/C11H17N3/c1-3-8-12-11-13-9-6-4-5-7-10(9)14(11)2/h4-5,7,9H,3,6,8H2,1-2H3,(H,12,13). The van der Waals surface area contributed by atoms with Gasteiger partial charge in [-0.2, -0.15) is 0 Å². The van der Waals surface area contributed by atoms with E-state index < -0.39 is 0 Å². The predicted octanol–water partition coefficient (Wildman–Crippen LogP) is 1.50. The van der Waals surface area contributed by atoms with Gasteiger partial charge in [0.15, 0.2) is 5.96 Å². The zero-order valence-corrected chi connectivity index (χ0v) is 8.83. The lowest BCUT2D eigenvalue weighted by atomic mass is 10.1. The van der Waals surface area contributed by atoms with Crippen molar-refractivity contribution < 1.29 is 0 Å². The number of fused-ring (bicyclic) bond motifs is 1. The quantitative estimate of drug-likeness (QED) is 0.716. The summed E-state index contributed by atoms with van der Waals surface area (Å²) in [6, 6.07) is 0.445. The van der Waals surface area contributed by atoms with Crippen molar-refractivity contribution >= 4 is 5.96 Å². The Kier molecular flexibility index (Phi) is 2.57. The molecule has 1 heterocycles. The van der Waals surface area contributed by atoms with E-state index in [2.05, 4.69) is 47.4 Å². The molecule has 1 aliphatic heterocycles. The molecule has 2 rings (SSSR count). The third-order valence-electron chi connectivity index (χ3n) is 2.63. The fourth-order valence-corrected chi connectivity index (χ4v) is 1.84. The van der Waals surface area contributed by atoms with Crippen LogP contribution in [0, 0.1) is 0 Å². The number of rotatable bonds is 2. The SMILES string of the molecule is CCCN=C1NC2CC=CC=C2N1C. The Morgan fingerprint density at radius 2 is 2.50 bits per heavy atom. The second-order valence-electron chi connectivity index (χ2n) is 3.72. The third-order valence-corrected chi connectivity index (χ3v) is 2.63. The van der Waals surface area contributed by atoms with Gasteiger partial charge in [0.2, 0.25) is 0 Å². The van der Waals surface area contributed by atoms with Crippen LogP contribution < -0.4 is 5.32 Å². The summed E-state index contributed by atoms with van der Waals surface area (Å²) in [4.78, 5) is 6.67. The molecule has 76 valence electrons. The maximum atomic E-state index is 4.51.